The Balaban J connectivity index is 2.18. The molecule has 0 aliphatic heterocycles. The number of hydrogen-bond acceptors (Lipinski definition) is 3. The Hall–Kier alpha value is -2.28. The fourth-order valence-electron chi connectivity index (χ4n) is 2.32. The second kappa shape index (κ2) is 6.01. The van der Waals surface area contributed by atoms with Crippen LogP contribution in [0.4, 0.5) is 0 Å². The predicted octanol–water partition coefficient (Wildman–Crippen LogP) is 3.21. The largest absolute Gasteiger partial charge is 0.464 e. The van der Waals surface area contributed by atoms with Gasteiger partial charge in [-0.3, -0.25) is 4.79 Å². The molecule has 1 aromatic heterocycles. The number of amides is 1. The van der Waals surface area contributed by atoms with Crippen molar-refractivity contribution in [3.63, 3.8) is 0 Å². The maximum absolute atomic E-state index is 12.2. The van der Waals surface area contributed by atoms with Crippen LogP contribution in [0.5, 0.6) is 0 Å². The van der Waals surface area contributed by atoms with Crippen LogP contribution in [0, 0.1) is 31.1 Å². The lowest BCUT2D eigenvalue weighted by Crippen LogP contribution is -2.31. The van der Waals surface area contributed by atoms with Crippen LogP contribution < -0.4 is 0 Å². The quantitative estimate of drug-likeness (QED) is 0.866. The van der Waals surface area contributed by atoms with E-state index in [9.17, 15) is 4.79 Å². The minimum atomic E-state index is -0.162. The van der Waals surface area contributed by atoms with Gasteiger partial charge in [-0.15, -0.1) is 0 Å². The molecule has 2 rings (SSSR count). The lowest BCUT2D eigenvalue weighted by molar-refractivity contribution is -0.129. The molecule has 0 spiro atoms. The van der Waals surface area contributed by atoms with Gasteiger partial charge in [0.25, 0.3) is 0 Å². The summed E-state index contributed by atoms with van der Waals surface area (Å²) in [5, 5.41) is 9.81. The Kier molecular flexibility index (Phi) is 4.32. The molecule has 21 heavy (non-hydrogen) atoms. The highest BCUT2D eigenvalue weighted by Gasteiger charge is 2.16. The van der Waals surface area contributed by atoms with Crippen LogP contribution in [-0.4, -0.2) is 24.4 Å². The van der Waals surface area contributed by atoms with Crippen molar-refractivity contribution in [1.82, 2.24) is 4.90 Å². The SMILES string of the molecule is Cc1cc2occ(CC(=O)N(C)C[C@H](C)C#N)c2cc1C. The molecule has 110 valence electrons. The van der Waals surface area contributed by atoms with Crippen LogP contribution in [0.1, 0.15) is 23.6 Å². The molecule has 0 bridgehead atoms. The van der Waals surface area contributed by atoms with E-state index in [1.165, 1.54) is 11.1 Å². The second-order valence-corrected chi connectivity index (χ2v) is 5.67. The molecular weight excluding hydrogens is 264 g/mol. The number of carbonyl (C=O) groups excluding carboxylic acids is 1. The summed E-state index contributed by atoms with van der Waals surface area (Å²) in [6, 6.07) is 6.20. The fraction of sp³-hybridized carbons (Fsp3) is 0.412. The minimum Gasteiger partial charge on any atom is -0.464 e. The van der Waals surface area contributed by atoms with Gasteiger partial charge in [-0.05, 0) is 44.0 Å². The van der Waals surface area contributed by atoms with E-state index < -0.39 is 0 Å². The number of likely N-dealkylation sites (N-methyl/N-ethyl adjacent to an activating group) is 1. The summed E-state index contributed by atoms with van der Waals surface area (Å²) in [4.78, 5) is 13.8. The third-order valence-corrected chi connectivity index (χ3v) is 3.81. The molecule has 0 fully saturated rings. The lowest BCUT2D eigenvalue weighted by atomic mass is 10.0. The normalized spacial score (nSPS) is 12.1. The Morgan fingerprint density at radius 1 is 1.38 bits per heavy atom. The van der Waals surface area contributed by atoms with Crippen LogP contribution >= 0.6 is 0 Å². The number of hydrogen-bond donors (Lipinski definition) is 0. The Morgan fingerprint density at radius 2 is 2.05 bits per heavy atom. The van der Waals surface area contributed by atoms with E-state index in [0.717, 1.165) is 16.5 Å². The zero-order chi connectivity index (χ0) is 15.6. The van der Waals surface area contributed by atoms with E-state index in [1.54, 1.807) is 18.2 Å². The number of furan rings is 1. The first kappa shape index (κ1) is 15.1. The van der Waals surface area contributed by atoms with E-state index in [0.29, 0.717) is 13.0 Å². The van der Waals surface area contributed by atoms with E-state index in [4.69, 9.17) is 9.68 Å². The van der Waals surface area contributed by atoms with Gasteiger partial charge in [-0.25, -0.2) is 0 Å². The van der Waals surface area contributed by atoms with E-state index in [1.807, 2.05) is 26.8 Å². The Labute approximate surface area is 125 Å². The van der Waals surface area contributed by atoms with Crippen LogP contribution in [0.2, 0.25) is 0 Å². The van der Waals surface area contributed by atoms with Crippen LogP contribution in [0.25, 0.3) is 11.0 Å². The smallest absolute Gasteiger partial charge is 0.226 e. The van der Waals surface area contributed by atoms with Crippen molar-refractivity contribution in [3.8, 4) is 6.07 Å². The molecule has 1 aromatic carbocycles. The Morgan fingerprint density at radius 3 is 2.71 bits per heavy atom. The van der Waals surface area contributed by atoms with Gasteiger partial charge in [0.05, 0.1) is 24.7 Å². The van der Waals surface area contributed by atoms with Crippen LogP contribution in [0.15, 0.2) is 22.8 Å². The number of rotatable bonds is 4. The molecule has 1 atom stereocenters. The van der Waals surface area contributed by atoms with Crippen molar-refractivity contribution in [2.24, 2.45) is 5.92 Å². The standard InChI is InChI=1S/C17H20N2O2/c1-11(8-18)9-19(4)17(20)7-14-10-21-16-6-13(3)12(2)5-15(14)16/h5-6,10-11H,7,9H2,1-4H3/t11-/m1/s1. The first-order valence-electron chi connectivity index (χ1n) is 7.03. The van der Waals surface area contributed by atoms with Crippen molar-refractivity contribution >= 4 is 16.9 Å². The summed E-state index contributed by atoms with van der Waals surface area (Å²) in [6.45, 7) is 6.35. The Bertz CT molecular complexity index is 709. The highest BCUT2D eigenvalue weighted by Crippen LogP contribution is 2.25. The van der Waals surface area contributed by atoms with Gasteiger partial charge in [0, 0.05) is 24.5 Å². The molecule has 2 aromatic rings. The van der Waals surface area contributed by atoms with E-state index in [-0.39, 0.29) is 11.8 Å². The maximum atomic E-state index is 12.2. The summed E-state index contributed by atoms with van der Waals surface area (Å²) in [5.74, 6) is -0.164. The third kappa shape index (κ3) is 3.25. The van der Waals surface area contributed by atoms with Crippen molar-refractivity contribution in [2.75, 3.05) is 13.6 Å². The number of benzene rings is 1. The van der Waals surface area contributed by atoms with Gasteiger partial charge in [0.1, 0.15) is 5.58 Å². The molecule has 1 amide bonds. The topological polar surface area (TPSA) is 57.2 Å². The summed E-state index contributed by atoms with van der Waals surface area (Å²) in [7, 11) is 1.73. The van der Waals surface area contributed by atoms with Gasteiger partial charge in [0.2, 0.25) is 5.91 Å². The maximum Gasteiger partial charge on any atom is 0.226 e. The molecule has 1 heterocycles. The summed E-state index contributed by atoms with van der Waals surface area (Å²) >= 11 is 0. The zero-order valence-corrected chi connectivity index (χ0v) is 12.9. The molecule has 0 unspecified atom stereocenters. The molecule has 0 aliphatic carbocycles. The van der Waals surface area contributed by atoms with Crippen LogP contribution in [0.3, 0.4) is 0 Å². The molecule has 4 heteroatoms. The van der Waals surface area contributed by atoms with Crippen molar-refractivity contribution in [1.29, 1.82) is 5.26 Å². The van der Waals surface area contributed by atoms with Crippen molar-refractivity contribution < 1.29 is 9.21 Å². The molecule has 0 saturated heterocycles. The van der Waals surface area contributed by atoms with Gasteiger partial charge in [-0.2, -0.15) is 5.26 Å². The molecule has 0 saturated carbocycles. The lowest BCUT2D eigenvalue weighted by Gasteiger charge is -2.17. The third-order valence-electron chi connectivity index (χ3n) is 3.81. The number of nitriles is 1. The first-order valence-corrected chi connectivity index (χ1v) is 7.03. The van der Waals surface area contributed by atoms with Gasteiger partial charge in [0.15, 0.2) is 0 Å². The average Bonchev–Trinajstić information content (AvgIpc) is 2.81. The van der Waals surface area contributed by atoms with Crippen LogP contribution in [-0.2, 0) is 11.2 Å². The summed E-state index contributed by atoms with van der Waals surface area (Å²) in [6.07, 6.45) is 1.95. The van der Waals surface area contributed by atoms with Crippen molar-refractivity contribution in [2.45, 2.75) is 27.2 Å². The number of aryl methyl sites for hydroxylation is 2. The van der Waals surface area contributed by atoms with E-state index in [2.05, 4.69) is 12.1 Å². The zero-order valence-electron chi connectivity index (χ0n) is 12.9. The molecule has 0 aliphatic rings. The predicted molar refractivity (Wildman–Crippen MR) is 81.8 cm³/mol. The highest BCUT2D eigenvalue weighted by molar-refractivity contribution is 5.88. The fourth-order valence-corrected chi connectivity index (χ4v) is 2.32. The van der Waals surface area contributed by atoms with E-state index >= 15 is 0 Å². The van der Waals surface area contributed by atoms with Crippen molar-refractivity contribution in [3.05, 3.63) is 35.1 Å². The summed E-state index contributed by atoms with van der Waals surface area (Å²) in [5.41, 5.74) is 4.07. The van der Waals surface area contributed by atoms with Gasteiger partial charge < -0.3 is 9.32 Å². The summed E-state index contributed by atoms with van der Waals surface area (Å²) < 4.78 is 5.54. The number of fused-ring (bicyclic) bond motifs is 1. The average molecular weight is 284 g/mol. The van der Waals surface area contributed by atoms with Gasteiger partial charge >= 0.3 is 0 Å². The molecule has 0 N–H and O–H groups in total. The van der Waals surface area contributed by atoms with Gasteiger partial charge in [-0.1, -0.05) is 0 Å². The highest BCUT2D eigenvalue weighted by atomic mass is 16.3. The molecule has 4 nitrogen and oxygen atoms in total. The first-order chi connectivity index (χ1) is 9.92. The second-order valence-electron chi connectivity index (χ2n) is 5.67. The number of nitrogens with zero attached hydrogens (tertiary/aromatic N) is 2. The number of carbonyl (C=O) groups is 1. The monoisotopic (exact) mass is 284 g/mol. The minimum absolute atomic E-state index is 0.00183. The molecular formula is C17H20N2O2. The molecule has 0 radical (unpaired) electrons.